The van der Waals surface area contributed by atoms with Crippen molar-refractivity contribution in [1.29, 1.82) is 0 Å². The molecule has 0 aromatic carbocycles. The van der Waals surface area contributed by atoms with Crippen LogP contribution in [0.5, 0.6) is 0 Å². The Kier molecular flexibility index (Phi) is 8.06. The van der Waals surface area contributed by atoms with Crippen molar-refractivity contribution in [3.05, 3.63) is 0 Å². The number of carbonyl (C=O) groups is 1. The van der Waals surface area contributed by atoms with E-state index in [2.05, 4.69) is 12.2 Å². The average molecular weight is 255 g/mol. The molecule has 1 fully saturated rings. The van der Waals surface area contributed by atoms with Crippen LogP contribution in [0.4, 0.5) is 0 Å². The Bertz CT molecular complexity index is 231. The molecule has 1 rings (SSSR count). The second-order valence-corrected chi connectivity index (χ2v) is 5.33. The van der Waals surface area contributed by atoms with E-state index in [1.54, 1.807) is 0 Å². The Morgan fingerprint density at radius 1 is 1.11 bits per heavy atom. The van der Waals surface area contributed by atoms with Crippen LogP contribution in [0.2, 0.25) is 0 Å². The van der Waals surface area contributed by atoms with Gasteiger partial charge in [0, 0.05) is 18.5 Å². The number of hydrogen-bond acceptors (Lipinski definition) is 3. The normalized spacial score (nSPS) is 23.2. The number of unbranched alkanes of at least 4 members (excludes halogenated alkanes) is 2. The molecule has 2 atom stereocenters. The van der Waals surface area contributed by atoms with Crippen LogP contribution in [0.3, 0.4) is 0 Å². The summed E-state index contributed by atoms with van der Waals surface area (Å²) in [6, 6.07) is 1.44. The Morgan fingerprint density at radius 3 is 2.39 bits per heavy atom. The molecular formula is C15H29NO2. The third-order valence-electron chi connectivity index (χ3n) is 3.73. The van der Waals surface area contributed by atoms with Crippen molar-refractivity contribution in [3.63, 3.8) is 0 Å². The van der Waals surface area contributed by atoms with E-state index < -0.39 is 0 Å². The van der Waals surface area contributed by atoms with Crippen LogP contribution in [0, 0.1) is 0 Å². The summed E-state index contributed by atoms with van der Waals surface area (Å²) in [6.07, 6.45) is 10.5. The highest BCUT2D eigenvalue weighted by atomic mass is 16.5. The minimum absolute atomic E-state index is 0.0438. The van der Waals surface area contributed by atoms with Crippen LogP contribution in [0.1, 0.15) is 71.6 Å². The number of hydrogen-bond donors (Lipinski definition) is 1. The molecule has 106 valence electrons. The molecule has 18 heavy (non-hydrogen) atoms. The average Bonchev–Trinajstić information content (AvgIpc) is 2.80. The lowest BCUT2D eigenvalue weighted by molar-refractivity contribution is -0.143. The summed E-state index contributed by atoms with van der Waals surface area (Å²) >= 11 is 0. The van der Waals surface area contributed by atoms with Crippen LogP contribution in [-0.2, 0) is 9.53 Å². The molecule has 3 nitrogen and oxygen atoms in total. The van der Waals surface area contributed by atoms with Crippen molar-refractivity contribution in [2.75, 3.05) is 6.61 Å². The van der Waals surface area contributed by atoms with E-state index in [0.29, 0.717) is 19.1 Å². The van der Waals surface area contributed by atoms with Gasteiger partial charge in [-0.15, -0.1) is 0 Å². The van der Waals surface area contributed by atoms with Crippen molar-refractivity contribution in [3.8, 4) is 0 Å². The van der Waals surface area contributed by atoms with Crippen molar-refractivity contribution >= 4 is 5.97 Å². The molecule has 0 aliphatic carbocycles. The Hall–Kier alpha value is -0.570. The number of esters is 1. The second kappa shape index (κ2) is 9.37. The van der Waals surface area contributed by atoms with Gasteiger partial charge >= 0.3 is 5.97 Å². The Morgan fingerprint density at radius 2 is 1.78 bits per heavy atom. The molecule has 0 aromatic heterocycles. The summed E-state index contributed by atoms with van der Waals surface area (Å²) in [5.74, 6) is -0.0438. The monoisotopic (exact) mass is 255 g/mol. The van der Waals surface area contributed by atoms with Gasteiger partial charge in [0.15, 0.2) is 0 Å². The highest BCUT2D eigenvalue weighted by Crippen LogP contribution is 2.20. The van der Waals surface area contributed by atoms with Gasteiger partial charge in [0.25, 0.3) is 0 Å². The van der Waals surface area contributed by atoms with Gasteiger partial charge in [0.05, 0.1) is 6.61 Å². The fourth-order valence-corrected chi connectivity index (χ4v) is 2.70. The summed E-state index contributed by atoms with van der Waals surface area (Å²) in [4.78, 5) is 11.2. The molecule has 0 aromatic rings. The predicted molar refractivity (Wildman–Crippen MR) is 74.6 cm³/mol. The molecule has 0 saturated carbocycles. The first-order valence-electron chi connectivity index (χ1n) is 7.68. The maximum absolute atomic E-state index is 11.2. The van der Waals surface area contributed by atoms with E-state index in [0.717, 1.165) is 18.9 Å². The van der Waals surface area contributed by atoms with E-state index in [4.69, 9.17) is 4.74 Å². The summed E-state index contributed by atoms with van der Waals surface area (Å²) in [7, 11) is 0. The van der Waals surface area contributed by atoms with Crippen LogP contribution in [0.25, 0.3) is 0 Å². The molecule has 0 spiro atoms. The second-order valence-electron chi connectivity index (χ2n) is 5.33. The van der Waals surface area contributed by atoms with Crippen LogP contribution < -0.4 is 5.32 Å². The smallest absolute Gasteiger partial charge is 0.305 e. The van der Waals surface area contributed by atoms with Crippen LogP contribution in [0.15, 0.2) is 0 Å². The molecule has 0 bridgehead atoms. The first kappa shape index (κ1) is 15.5. The molecule has 1 saturated heterocycles. The van der Waals surface area contributed by atoms with Gasteiger partial charge in [-0.25, -0.2) is 0 Å². The van der Waals surface area contributed by atoms with Crippen molar-refractivity contribution in [2.24, 2.45) is 0 Å². The van der Waals surface area contributed by atoms with Gasteiger partial charge in [-0.1, -0.05) is 26.2 Å². The largest absolute Gasteiger partial charge is 0.466 e. The minimum Gasteiger partial charge on any atom is -0.466 e. The van der Waals surface area contributed by atoms with E-state index in [1.165, 1.54) is 38.5 Å². The summed E-state index contributed by atoms with van der Waals surface area (Å²) < 4.78 is 4.92. The number of rotatable bonds is 9. The van der Waals surface area contributed by atoms with Crippen LogP contribution >= 0.6 is 0 Å². The highest BCUT2D eigenvalue weighted by molar-refractivity contribution is 5.69. The molecule has 0 unspecified atom stereocenters. The molecule has 1 heterocycles. The molecule has 1 aliphatic heterocycles. The molecule has 3 heteroatoms. The predicted octanol–water partition coefficient (Wildman–Crippen LogP) is 3.42. The van der Waals surface area contributed by atoms with Gasteiger partial charge in [0.1, 0.15) is 0 Å². The molecule has 0 radical (unpaired) electrons. The molecule has 0 amide bonds. The zero-order valence-electron chi connectivity index (χ0n) is 12.0. The van der Waals surface area contributed by atoms with Gasteiger partial charge in [-0.2, -0.15) is 0 Å². The standard InChI is InChI=1S/C15H29NO2/c1-3-5-8-13-11-12-14(16-13)9-6-7-10-15(17)18-4-2/h13-14,16H,3-12H2,1-2H3/t13-,14+/m1/s1. The summed E-state index contributed by atoms with van der Waals surface area (Å²) in [6.45, 7) is 4.61. The van der Waals surface area contributed by atoms with Crippen molar-refractivity contribution in [2.45, 2.75) is 83.7 Å². The number of nitrogens with one attached hydrogen (secondary N) is 1. The van der Waals surface area contributed by atoms with Gasteiger partial charge in [-0.05, 0) is 39.0 Å². The first-order chi connectivity index (χ1) is 8.76. The maximum atomic E-state index is 11.2. The molecular weight excluding hydrogens is 226 g/mol. The summed E-state index contributed by atoms with van der Waals surface area (Å²) in [5.41, 5.74) is 0. The maximum Gasteiger partial charge on any atom is 0.305 e. The van der Waals surface area contributed by atoms with E-state index in [1.807, 2.05) is 6.92 Å². The lowest BCUT2D eigenvalue weighted by Gasteiger charge is -2.13. The molecule has 1 aliphatic rings. The molecule has 1 N–H and O–H groups in total. The number of carbonyl (C=O) groups excluding carboxylic acids is 1. The fourth-order valence-electron chi connectivity index (χ4n) is 2.70. The minimum atomic E-state index is -0.0438. The lowest BCUT2D eigenvalue weighted by Crippen LogP contribution is -2.29. The zero-order chi connectivity index (χ0) is 13.2. The van der Waals surface area contributed by atoms with Gasteiger partial charge < -0.3 is 10.1 Å². The van der Waals surface area contributed by atoms with E-state index in [9.17, 15) is 4.79 Å². The zero-order valence-corrected chi connectivity index (χ0v) is 12.0. The van der Waals surface area contributed by atoms with Gasteiger partial charge in [-0.3, -0.25) is 4.79 Å². The van der Waals surface area contributed by atoms with Crippen LogP contribution in [-0.4, -0.2) is 24.7 Å². The Labute approximate surface area is 112 Å². The lowest BCUT2D eigenvalue weighted by atomic mass is 10.1. The van der Waals surface area contributed by atoms with Crippen molar-refractivity contribution < 1.29 is 9.53 Å². The number of ether oxygens (including phenoxy) is 1. The SMILES string of the molecule is CCCC[C@@H]1CC[C@H](CCCCC(=O)OCC)N1. The third-order valence-corrected chi connectivity index (χ3v) is 3.73. The van der Waals surface area contributed by atoms with E-state index >= 15 is 0 Å². The summed E-state index contributed by atoms with van der Waals surface area (Å²) in [5, 5.41) is 3.72. The quantitative estimate of drug-likeness (QED) is 0.507. The van der Waals surface area contributed by atoms with Gasteiger partial charge in [0.2, 0.25) is 0 Å². The first-order valence-corrected chi connectivity index (χ1v) is 7.68. The van der Waals surface area contributed by atoms with E-state index in [-0.39, 0.29) is 5.97 Å². The highest BCUT2D eigenvalue weighted by Gasteiger charge is 2.22. The fraction of sp³-hybridized carbons (Fsp3) is 0.933. The van der Waals surface area contributed by atoms with Crippen molar-refractivity contribution in [1.82, 2.24) is 5.32 Å². The topological polar surface area (TPSA) is 38.3 Å². The third kappa shape index (κ3) is 6.39. The Balaban J connectivity index is 1.98.